The first-order valence-electron chi connectivity index (χ1n) is 20.3. The second-order valence-corrected chi connectivity index (χ2v) is 15.7. The van der Waals surface area contributed by atoms with Crippen molar-refractivity contribution >= 4 is 52.0 Å². The van der Waals surface area contributed by atoms with Gasteiger partial charge in [0.1, 0.15) is 24.2 Å². The molecule has 2 fully saturated rings. The van der Waals surface area contributed by atoms with E-state index in [1.54, 1.807) is 85.5 Å². The lowest BCUT2D eigenvalue weighted by Gasteiger charge is -2.31. The number of nitrogens with zero attached hydrogens (tertiary/aromatic N) is 3. The van der Waals surface area contributed by atoms with Gasteiger partial charge in [-0.25, -0.2) is 9.18 Å². The third-order valence-electron chi connectivity index (χ3n) is 11.0. The Morgan fingerprint density at radius 3 is 1.87 bits per heavy atom. The number of hydrogen-bond acceptors (Lipinski definition) is 7. The Morgan fingerprint density at radius 1 is 0.733 bits per heavy atom. The lowest BCUT2D eigenvalue weighted by atomic mass is 10.0. The maximum Gasteiger partial charge on any atom is 0.408 e. The molecule has 0 radical (unpaired) electrons. The first-order valence-corrected chi connectivity index (χ1v) is 20.3. The van der Waals surface area contributed by atoms with Crippen molar-refractivity contribution in [2.45, 2.75) is 69.8 Å². The molecule has 5 amide bonds. The van der Waals surface area contributed by atoms with E-state index in [0.717, 1.165) is 5.56 Å². The van der Waals surface area contributed by atoms with Gasteiger partial charge in [0.05, 0.1) is 11.8 Å². The van der Waals surface area contributed by atoms with Gasteiger partial charge in [-0.2, -0.15) is 0 Å². The molecule has 0 spiro atoms. The van der Waals surface area contributed by atoms with Crippen LogP contribution in [0.15, 0.2) is 103 Å². The molecule has 2 aliphatic heterocycles. The molecular weight excluding hydrogens is 766 g/mol. The summed E-state index contributed by atoms with van der Waals surface area (Å²) >= 11 is 0. The molecule has 0 bridgehead atoms. The number of anilines is 2. The van der Waals surface area contributed by atoms with Crippen LogP contribution in [0.5, 0.6) is 0 Å². The number of amides is 5. The number of nitrogens with one attached hydrogen (secondary N) is 4. The number of ether oxygens (including phenoxy) is 1. The molecule has 5 aromatic rings. The molecule has 2 aliphatic rings. The van der Waals surface area contributed by atoms with Gasteiger partial charge in [0.25, 0.3) is 5.91 Å². The minimum absolute atomic E-state index is 0.145. The Bertz CT molecular complexity index is 2350. The van der Waals surface area contributed by atoms with E-state index in [0.29, 0.717) is 66.8 Å². The molecule has 0 saturated carbocycles. The van der Waals surface area contributed by atoms with Gasteiger partial charge in [0.15, 0.2) is 5.82 Å². The van der Waals surface area contributed by atoms with Crippen LogP contribution in [-0.4, -0.2) is 94.8 Å². The van der Waals surface area contributed by atoms with E-state index < -0.39 is 42.0 Å². The molecule has 4 N–H and O–H groups in total. The third kappa shape index (κ3) is 9.03. The second-order valence-electron chi connectivity index (χ2n) is 15.7. The number of likely N-dealkylation sites (N-methyl/N-ethyl adjacent to an activating group) is 1. The van der Waals surface area contributed by atoms with Crippen molar-refractivity contribution in [3.63, 3.8) is 0 Å². The van der Waals surface area contributed by atoms with E-state index in [1.165, 1.54) is 4.90 Å². The lowest BCUT2D eigenvalue weighted by Crippen LogP contribution is -2.48. The summed E-state index contributed by atoms with van der Waals surface area (Å²) in [7, 11) is 3.69. The van der Waals surface area contributed by atoms with Crippen molar-refractivity contribution in [2.24, 2.45) is 0 Å². The molecule has 4 atom stereocenters. The summed E-state index contributed by atoms with van der Waals surface area (Å²) in [6.45, 7) is 4.24. The average molecular weight is 816 g/mol. The normalized spacial score (nSPS) is 17.4. The zero-order valence-corrected chi connectivity index (χ0v) is 34.1. The van der Waals surface area contributed by atoms with Gasteiger partial charge >= 0.3 is 6.09 Å². The Balaban J connectivity index is 1.01. The third-order valence-corrected chi connectivity index (χ3v) is 11.0. The van der Waals surface area contributed by atoms with E-state index in [1.807, 2.05) is 55.4 Å². The van der Waals surface area contributed by atoms with Crippen LogP contribution < -0.4 is 16.0 Å². The fraction of sp³-hybridized carbons (Fsp3) is 0.326. The number of carbonyl (C=O) groups excluding carboxylic acids is 5. The van der Waals surface area contributed by atoms with Crippen LogP contribution in [0, 0.1) is 5.82 Å². The van der Waals surface area contributed by atoms with Crippen LogP contribution in [0.4, 0.5) is 20.6 Å². The van der Waals surface area contributed by atoms with Crippen molar-refractivity contribution in [1.82, 2.24) is 25.0 Å². The van der Waals surface area contributed by atoms with Crippen LogP contribution in [0.2, 0.25) is 0 Å². The zero-order valence-electron chi connectivity index (χ0n) is 34.1. The van der Waals surface area contributed by atoms with Gasteiger partial charge in [-0.1, -0.05) is 72.8 Å². The van der Waals surface area contributed by atoms with Crippen molar-refractivity contribution in [3.8, 4) is 11.3 Å². The summed E-state index contributed by atoms with van der Waals surface area (Å²) in [5, 5.41) is 8.77. The number of H-pyrrole nitrogens is 1. The number of aromatic nitrogens is 1. The number of aromatic amines is 1. The quantitative estimate of drug-likeness (QED) is 0.106. The predicted octanol–water partition coefficient (Wildman–Crippen LogP) is 7.01. The van der Waals surface area contributed by atoms with Crippen LogP contribution in [0.1, 0.15) is 62.7 Å². The largest absolute Gasteiger partial charge is 0.447 e. The molecule has 2 saturated heterocycles. The summed E-state index contributed by atoms with van der Waals surface area (Å²) in [5.74, 6) is -1.78. The van der Waals surface area contributed by atoms with Gasteiger partial charge in [-0.05, 0) is 95.1 Å². The maximum absolute atomic E-state index is 16.0. The molecule has 312 valence electrons. The Labute approximate surface area is 348 Å². The van der Waals surface area contributed by atoms with E-state index >= 15 is 4.39 Å². The fourth-order valence-corrected chi connectivity index (χ4v) is 8.13. The number of fused-ring (bicyclic) bond motifs is 1. The van der Waals surface area contributed by atoms with Crippen LogP contribution >= 0.6 is 0 Å². The highest BCUT2D eigenvalue weighted by Crippen LogP contribution is 2.33. The Hall–Kier alpha value is -6.54. The van der Waals surface area contributed by atoms with Crippen molar-refractivity contribution < 1.29 is 33.1 Å². The number of rotatable bonds is 12. The van der Waals surface area contributed by atoms with Crippen molar-refractivity contribution in [2.75, 3.05) is 37.8 Å². The SMILES string of the molecule is CC(C)OC(=O)NC(C(=O)N1CCC[C@H]1C(=O)Nc1ccc(-c2[nH]c3ccc(NC(=O)[C@@H]4CCCN4C(=O)C(c4ccccc4)N(C)C)cc3c2F)cc1)c1ccccc1. The zero-order chi connectivity index (χ0) is 42.5. The van der Waals surface area contributed by atoms with Gasteiger partial charge in [-0.15, -0.1) is 0 Å². The maximum atomic E-state index is 16.0. The number of likely N-dealkylation sites (tertiary alicyclic amines) is 2. The highest BCUT2D eigenvalue weighted by atomic mass is 19.1. The van der Waals surface area contributed by atoms with Gasteiger partial charge in [0, 0.05) is 40.9 Å². The molecule has 4 aromatic carbocycles. The Morgan fingerprint density at radius 2 is 1.28 bits per heavy atom. The summed E-state index contributed by atoms with van der Waals surface area (Å²) in [5.41, 5.74) is 3.57. The topological polar surface area (TPSA) is 156 Å². The van der Waals surface area contributed by atoms with Gasteiger partial charge in [-0.3, -0.25) is 24.1 Å². The minimum Gasteiger partial charge on any atom is -0.447 e. The van der Waals surface area contributed by atoms with E-state index in [-0.39, 0.29) is 34.9 Å². The molecule has 3 heterocycles. The van der Waals surface area contributed by atoms with Gasteiger partial charge < -0.3 is 35.5 Å². The predicted molar refractivity (Wildman–Crippen MR) is 227 cm³/mol. The molecule has 0 aliphatic carbocycles. The summed E-state index contributed by atoms with van der Waals surface area (Å²) in [4.78, 5) is 75.6. The molecule has 13 nitrogen and oxygen atoms in total. The summed E-state index contributed by atoms with van der Waals surface area (Å²) < 4.78 is 21.3. The van der Waals surface area contributed by atoms with Crippen LogP contribution in [0.3, 0.4) is 0 Å². The summed E-state index contributed by atoms with van der Waals surface area (Å²) in [6, 6.07) is 26.9. The molecule has 60 heavy (non-hydrogen) atoms. The highest BCUT2D eigenvalue weighted by Gasteiger charge is 2.40. The number of hydrogen-bond donors (Lipinski definition) is 4. The second kappa shape index (κ2) is 18.2. The fourth-order valence-electron chi connectivity index (χ4n) is 8.13. The molecule has 7 rings (SSSR count). The first-order chi connectivity index (χ1) is 28.9. The molecule has 2 unspecified atom stereocenters. The smallest absolute Gasteiger partial charge is 0.408 e. The number of carbonyl (C=O) groups is 5. The standard InChI is InChI=1S/C46H50FN7O6/c1-28(2)60-46(59)51-40(29-13-7-5-8-14-29)44(57)53-25-11-17-36(53)42(55)48-32-21-19-30(20-22-32)39-38(47)34-27-33(23-24-35(34)50-39)49-43(56)37-18-12-26-54(37)45(58)41(52(3)4)31-15-9-6-10-16-31/h5-10,13-16,19-24,27-28,36-37,40-41,50H,11-12,17-18,25-26H2,1-4H3,(H,48,55)(H,49,56)(H,51,59)/t36-,37-,40?,41?/m0/s1. The molecule has 1 aromatic heterocycles. The number of benzene rings is 4. The Kier molecular flexibility index (Phi) is 12.6. The van der Waals surface area contributed by atoms with Crippen molar-refractivity contribution in [1.29, 1.82) is 0 Å². The van der Waals surface area contributed by atoms with Crippen LogP contribution in [0.25, 0.3) is 22.2 Å². The van der Waals surface area contributed by atoms with Crippen molar-refractivity contribution in [3.05, 3.63) is 120 Å². The van der Waals surface area contributed by atoms with E-state index in [4.69, 9.17) is 4.74 Å². The van der Waals surface area contributed by atoms with Gasteiger partial charge in [0.2, 0.25) is 17.7 Å². The summed E-state index contributed by atoms with van der Waals surface area (Å²) in [6.07, 6.45) is 1.15. The number of halogens is 1. The molecule has 14 heteroatoms. The van der Waals surface area contributed by atoms with E-state index in [9.17, 15) is 24.0 Å². The van der Waals surface area contributed by atoms with E-state index in [2.05, 4.69) is 20.9 Å². The lowest BCUT2D eigenvalue weighted by molar-refractivity contribution is -0.140. The average Bonchev–Trinajstić information content (AvgIpc) is 4.00. The highest BCUT2D eigenvalue weighted by molar-refractivity contribution is 6.01. The molecular formula is C46H50FN7O6. The van der Waals surface area contributed by atoms with Crippen LogP contribution in [-0.2, 0) is 23.9 Å². The number of alkyl carbamates (subject to hydrolysis) is 1. The monoisotopic (exact) mass is 815 g/mol. The minimum atomic E-state index is -1.04. The first kappa shape index (κ1) is 41.6.